The van der Waals surface area contributed by atoms with Gasteiger partial charge in [-0.25, -0.2) is 9.18 Å². The monoisotopic (exact) mass is 319 g/mol. The molecule has 1 fully saturated rings. The van der Waals surface area contributed by atoms with Gasteiger partial charge < -0.3 is 20.0 Å². The Labute approximate surface area is 134 Å². The second-order valence-corrected chi connectivity index (χ2v) is 6.25. The molecular formula is C17H22FN3O2. The van der Waals surface area contributed by atoms with Crippen molar-refractivity contribution in [1.29, 1.82) is 0 Å². The van der Waals surface area contributed by atoms with Crippen LogP contribution in [-0.2, 0) is 0 Å². The normalized spacial score (nSPS) is 18.0. The second kappa shape index (κ2) is 6.58. The third-order valence-electron chi connectivity index (χ3n) is 4.33. The van der Waals surface area contributed by atoms with Gasteiger partial charge in [0.2, 0.25) is 0 Å². The Bertz CT molecular complexity index is 692. The van der Waals surface area contributed by atoms with Crippen LogP contribution in [0.4, 0.5) is 9.18 Å². The van der Waals surface area contributed by atoms with Crippen molar-refractivity contribution in [1.82, 2.24) is 15.5 Å². The van der Waals surface area contributed by atoms with Crippen LogP contribution in [0.3, 0.4) is 0 Å². The Morgan fingerprint density at radius 2 is 2.09 bits per heavy atom. The lowest BCUT2D eigenvalue weighted by Gasteiger charge is -2.29. The number of piperidine rings is 1. The summed E-state index contributed by atoms with van der Waals surface area (Å²) in [4.78, 5) is 14.4. The molecule has 0 saturated carbocycles. The summed E-state index contributed by atoms with van der Waals surface area (Å²) in [5.74, 6) is 0.314. The molecule has 0 spiro atoms. The minimum absolute atomic E-state index is 0.196. The fraction of sp³-hybridized carbons (Fsp3) is 0.471. The summed E-state index contributed by atoms with van der Waals surface area (Å²) in [5.41, 5.74) is 0.616. The van der Waals surface area contributed by atoms with E-state index in [9.17, 15) is 9.18 Å². The van der Waals surface area contributed by atoms with E-state index in [1.165, 1.54) is 12.1 Å². The largest absolute Gasteiger partial charge is 0.459 e. The van der Waals surface area contributed by atoms with Gasteiger partial charge in [-0.3, -0.25) is 0 Å². The summed E-state index contributed by atoms with van der Waals surface area (Å²) in [5, 5.41) is 6.58. The van der Waals surface area contributed by atoms with Crippen LogP contribution in [0, 0.1) is 5.82 Å². The number of amides is 2. The fourth-order valence-corrected chi connectivity index (χ4v) is 2.90. The molecule has 1 unspecified atom stereocenters. The molecule has 0 bridgehead atoms. The summed E-state index contributed by atoms with van der Waals surface area (Å²) in [6.45, 7) is 3.84. The molecule has 1 atom stereocenters. The number of carbonyl (C=O) groups is 1. The van der Waals surface area contributed by atoms with E-state index in [0.717, 1.165) is 25.9 Å². The predicted octanol–water partition coefficient (Wildman–Crippen LogP) is 3.03. The highest BCUT2D eigenvalue weighted by molar-refractivity contribution is 5.79. The first kappa shape index (κ1) is 15.8. The number of benzene rings is 1. The fourth-order valence-electron chi connectivity index (χ4n) is 2.90. The molecular weight excluding hydrogens is 297 g/mol. The van der Waals surface area contributed by atoms with Gasteiger partial charge in [0, 0.05) is 11.4 Å². The quantitative estimate of drug-likeness (QED) is 0.914. The molecule has 3 rings (SSSR count). The molecule has 5 nitrogen and oxygen atoms in total. The van der Waals surface area contributed by atoms with Crippen molar-refractivity contribution in [3.05, 3.63) is 35.8 Å². The molecule has 1 aliphatic heterocycles. The summed E-state index contributed by atoms with van der Waals surface area (Å²) in [7, 11) is 2.09. The van der Waals surface area contributed by atoms with Crippen molar-refractivity contribution in [2.24, 2.45) is 0 Å². The average Bonchev–Trinajstić information content (AvgIpc) is 2.92. The van der Waals surface area contributed by atoms with Crippen LogP contribution in [0.1, 0.15) is 31.6 Å². The van der Waals surface area contributed by atoms with Crippen LogP contribution in [-0.4, -0.2) is 37.1 Å². The maximum Gasteiger partial charge on any atom is 0.315 e. The third kappa shape index (κ3) is 3.82. The van der Waals surface area contributed by atoms with Crippen LogP contribution in [0.25, 0.3) is 11.0 Å². The van der Waals surface area contributed by atoms with Gasteiger partial charge in [0.05, 0.1) is 6.04 Å². The van der Waals surface area contributed by atoms with E-state index < -0.39 is 0 Å². The molecule has 1 saturated heterocycles. The Hall–Kier alpha value is -2.08. The number of nitrogens with one attached hydrogen (secondary N) is 2. The molecule has 1 aromatic carbocycles. The van der Waals surface area contributed by atoms with Crippen LogP contribution in [0.15, 0.2) is 28.7 Å². The van der Waals surface area contributed by atoms with Crippen molar-refractivity contribution in [3.63, 3.8) is 0 Å². The second-order valence-electron chi connectivity index (χ2n) is 6.25. The zero-order valence-electron chi connectivity index (χ0n) is 13.4. The minimum atomic E-state index is -0.300. The number of rotatable bonds is 3. The highest BCUT2D eigenvalue weighted by Gasteiger charge is 2.20. The van der Waals surface area contributed by atoms with Gasteiger partial charge in [-0.05, 0) is 64.2 Å². The maximum atomic E-state index is 13.2. The third-order valence-corrected chi connectivity index (χ3v) is 4.33. The predicted molar refractivity (Wildman–Crippen MR) is 86.8 cm³/mol. The number of carbonyl (C=O) groups excluding carboxylic acids is 1. The zero-order chi connectivity index (χ0) is 16.4. The lowest BCUT2D eigenvalue weighted by molar-refractivity contribution is 0.211. The minimum Gasteiger partial charge on any atom is -0.459 e. The number of nitrogens with zero attached hydrogens (tertiary/aromatic N) is 1. The molecule has 124 valence electrons. The van der Waals surface area contributed by atoms with Crippen molar-refractivity contribution in [2.45, 2.75) is 31.8 Å². The Morgan fingerprint density at radius 3 is 2.83 bits per heavy atom. The molecule has 0 radical (unpaired) electrons. The summed E-state index contributed by atoms with van der Waals surface area (Å²) < 4.78 is 18.9. The molecule has 2 heterocycles. The summed E-state index contributed by atoms with van der Waals surface area (Å²) in [6, 6.07) is 5.88. The topological polar surface area (TPSA) is 57.5 Å². The lowest BCUT2D eigenvalue weighted by Crippen LogP contribution is -2.47. The molecule has 1 aliphatic rings. The molecule has 1 aromatic heterocycles. The number of likely N-dealkylation sites (tertiary alicyclic amines) is 1. The number of halogens is 1. The molecule has 2 N–H and O–H groups in total. The smallest absolute Gasteiger partial charge is 0.315 e. The number of hydrogen-bond acceptors (Lipinski definition) is 3. The Morgan fingerprint density at radius 1 is 1.35 bits per heavy atom. The van der Waals surface area contributed by atoms with Crippen molar-refractivity contribution < 1.29 is 13.6 Å². The van der Waals surface area contributed by atoms with E-state index in [0.29, 0.717) is 16.7 Å². The summed E-state index contributed by atoms with van der Waals surface area (Å²) in [6.07, 6.45) is 1.92. The molecule has 23 heavy (non-hydrogen) atoms. The number of furan rings is 1. The number of fused-ring (bicyclic) bond motifs is 1. The number of urea groups is 1. The molecule has 2 amide bonds. The van der Waals surface area contributed by atoms with Crippen LogP contribution in [0.5, 0.6) is 0 Å². The van der Waals surface area contributed by atoms with Crippen molar-refractivity contribution in [3.8, 4) is 0 Å². The lowest BCUT2D eigenvalue weighted by atomic mass is 10.1. The van der Waals surface area contributed by atoms with Gasteiger partial charge in [0.25, 0.3) is 0 Å². The highest BCUT2D eigenvalue weighted by atomic mass is 19.1. The standard InChI is InChI=1S/C17H22FN3O2/c1-11(16-10-12-9-13(18)3-4-15(12)23-16)19-17(22)20-14-5-7-21(2)8-6-14/h3-4,9-11,14H,5-8H2,1-2H3,(H2,19,20,22). The van der Waals surface area contributed by atoms with Gasteiger partial charge in [0.1, 0.15) is 17.2 Å². The van der Waals surface area contributed by atoms with E-state index >= 15 is 0 Å². The first-order chi connectivity index (χ1) is 11.0. The average molecular weight is 319 g/mol. The van der Waals surface area contributed by atoms with E-state index in [2.05, 4.69) is 22.6 Å². The summed E-state index contributed by atoms with van der Waals surface area (Å²) >= 11 is 0. The van der Waals surface area contributed by atoms with Crippen LogP contribution >= 0.6 is 0 Å². The van der Waals surface area contributed by atoms with Crippen molar-refractivity contribution >= 4 is 17.0 Å². The van der Waals surface area contributed by atoms with Gasteiger partial charge in [-0.15, -0.1) is 0 Å². The number of hydrogen-bond donors (Lipinski definition) is 2. The molecule has 0 aliphatic carbocycles. The first-order valence-corrected chi connectivity index (χ1v) is 7.96. The molecule has 6 heteroatoms. The maximum absolute atomic E-state index is 13.2. The first-order valence-electron chi connectivity index (χ1n) is 7.96. The van der Waals surface area contributed by atoms with E-state index in [1.807, 2.05) is 6.92 Å². The van der Waals surface area contributed by atoms with E-state index in [1.54, 1.807) is 12.1 Å². The van der Waals surface area contributed by atoms with Gasteiger partial charge in [-0.2, -0.15) is 0 Å². The Balaban J connectivity index is 1.58. The zero-order valence-corrected chi connectivity index (χ0v) is 13.4. The molecule has 2 aromatic rings. The van der Waals surface area contributed by atoms with Gasteiger partial charge in [0.15, 0.2) is 0 Å². The van der Waals surface area contributed by atoms with Crippen molar-refractivity contribution in [2.75, 3.05) is 20.1 Å². The van der Waals surface area contributed by atoms with E-state index in [-0.39, 0.29) is 23.9 Å². The van der Waals surface area contributed by atoms with Crippen LogP contribution in [0.2, 0.25) is 0 Å². The van der Waals surface area contributed by atoms with E-state index in [4.69, 9.17) is 4.42 Å². The van der Waals surface area contributed by atoms with Gasteiger partial charge in [-0.1, -0.05) is 0 Å². The SMILES string of the molecule is CC(NC(=O)NC1CCN(C)CC1)c1cc2cc(F)ccc2o1. The van der Waals surface area contributed by atoms with Crippen LogP contribution < -0.4 is 10.6 Å². The van der Waals surface area contributed by atoms with Gasteiger partial charge >= 0.3 is 6.03 Å². The highest BCUT2D eigenvalue weighted by Crippen LogP contribution is 2.24. The Kier molecular flexibility index (Phi) is 4.52.